The van der Waals surface area contributed by atoms with Crippen molar-refractivity contribution in [1.29, 1.82) is 0 Å². The maximum absolute atomic E-state index is 11.8. The maximum atomic E-state index is 11.8. The van der Waals surface area contributed by atoms with Gasteiger partial charge in [-0.05, 0) is 0 Å². The van der Waals surface area contributed by atoms with Gasteiger partial charge in [0.15, 0.2) is 0 Å². The van der Waals surface area contributed by atoms with Crippen LogP contribution in [-0.4, -0.2) is 29.0 Å². The van der Waals surface area contributed by atoms with Crippen LogP contribution in [0.5, 0.6) is 0 Å². The zero-order chi connectivity index (χ0) is 9.08. The van der Waals surface area contributed by atoms with Crippen LogP contribution in [0.25, 0.3) is 0 Å². The Bertz CT molecular complexity index is 169. The van der Waals surface area contributed by atoms with E-state index in [1.54, 1.807) is 0 Å². The molecule has 11 heavy (non-hydrogen) atoms. The SMILES string of the molecule is OC1(F)C(F)C(F)(F)C1(F)F. The van der Waals surface area contributed by atoms with Crippen LogP contribution < -0.4 is 0 Å². The van der Waals surface area contributed by atoms with Crippen LogP contribution >= 0.6 is 0 Å². The van der Waals surface area contributed by atoms with Gasteiger partial charge in [0.25, 0.3) is 0 Å². The van der Waals surface area contributed by atoms with E-state index in [-0.39, 0.29) is 0 Å². The summed E-state index contributed by atoms with van der Waals surface area (Å²) in [6, 6.07) is 0. The lowest BCUT2D eigenvalue weighted by Gasteiger charge is -2.47. The van der Waals surface area contributed by atoms with Crippen LogP contribution in [0.4, 0.5) is 26.3 Å². The Labute approximate surface area is 56.6 Å². The van der Waals surface area contributed by atoms with Gasteiger partial charge in [0.05, 0.1) is 0 Å². The Balaban J connectivity index is 2.98. The van der Waals surface area contributed by atoms with E-state index in [1.165, 1.54) is 0 Å². The van der Waals surface area contributed by atoms with Crippen molar-refractivity contribution in [3.63, 3.8) is 0 Å². The third-order valence-corrected chi connectivity index (χ3v) is 1.51. The van der Waals surface area contributed by atoms with E-state index in [9.17, 15) is 26.3 Å². The predicted octanol–water partition coefficient (Wildman–Crippen LogP) is 1.27. The Kier molecular flexibility index (Phi) is 1.29. The highest BCUT2D eigenvalue weighted by Gasteiger charge is 2.90. The Morgan fingerprint density at radius 2 is 1.36 bits per heavy atom. The van der Waals surface area contributed by atoms with Gasteiger partial charge in [-0.3, -0.25) is 0 Å². The molecule has 0 saturated heterocycles. The van der Waals surface area contributed by atoms with E-state index >= 15 is 0 Å². The molecule has 0 aromatic rings. The van der Waals surface area contributed by atoms with Crippen LogP contribution in [0.1, 0.15) is 0 Å². The van der Waals surface area contributed by atoms with Crippen molar-refractivity contribution in [2.45, 2.75) is 23.9 Å². The average Bonchev–Trinajstić information content (AvgIpc) is 1.84. The molecule has 1 rings (SSSR count). The van der Waals surface area contributed by atoms with Crippen LogP contribution in [0.3, 0.4) is 0 Å². The standard InChI is InChI=1S/C4H2F6O/c5-1-2(6,7)4(9,10)3(1,8)11/h1,11H. The first-order chi connectivity index (χ1) is 4.65. The lowest BCUT2D eigenvalue weighted by atomic mass is 9.81. The van der Waals surface area contributed by atoms with Gasteiger partial charge in [-0.1, -0.05) is 0 Å². The summed E-state index contributed by atoms with van der Waals surface area (Å²) in [6.45, 7) is 0. The zero-order valence-electron chi connectivity index (χ0n) is 4.79. The van der Waals surface area contributed by atoms with Crippen LogP contribution in [-0.2, 0) is 0 Å². The molecular weight excluding hydrogens is 178 g/mol. The van der Waals surface area contributed by atoms with Crippen molar-refractivity contribution in [2.24, 2.45) is 0 Å². The summed E-state index contributed by atoms with van der Waals surface area (Å²) in [4.78, 5) is 0. The molecule has 0 amide bonds. The molecule has 2 unspecified atom stereocenters. The highest BCUT2D eigenvalue weighted by Crippen LogP contribution is 2.59. The molecule has 0 aromatic carbocycles. The van der Waals surface area contributed by atoms with Crippen molar-refractivity contribution >= 4 is 0 Å². The normalized spacial score (nSPS) is 46.6. The quantitative estimate of drug-likeness (QED) is 0.556. The molecule has 1 aliphatic rings. The minimum atomic E-state index is -5.33. The molecule has 1 saturated carbocycles. The second kappa shape index (κ2) is 1.65. The first kappa shape index (κ1) is 8.63. The molecule has 1 aliphatic carbocycles. The third-order valence-electron chi connectivity index (χ3n) is 1.51. The van der Waals surface area contributed by atoms with Crippen LogP contribution in [0.2, 0.25) is 0 Å². The predicted molar refractivity (Wildman–Crippen MR) is 20.8 cm³/mol. The number of hydrogen-bond acceptors (Lipinski definition) is 1. The minimum Gasteiger partial charge on any atom is -0.355 e. The topological polar surface area (TPSA) is 20.2 Å². The molecule has 0 spiro atoms. The lowest BCUT2D eigenvalue weighted by molar-refractivity contribution is -0.454. The first-order valence-corrected chi connectivity index (χ1v) is 2.46. The summed E-state index contributed by atoms with van der Waals surface area (Å²) in [5, 5.41) is 7.77. The van der Waals surface area contributed by atoms with Gasteiger partial charge < -0.3 is 5.11 Å². The first-order valence-electron chi connectivity index (χ1n) is 2.46. The number of rotatable bonds is 0. The summed E-state index contributed by atoms with van der Waals surface area (Å²) in [5.74, 6) is -15.2. The number of halogens is 6. The molecule has 0 radical (unpaired) electrons. The van der Waals surface area contributed by atoms with Crippen molar-refractivity contribution in [1.82, 2.24) is 0 Å². The van der Waals surface area contributed by atoms with E-state index in [4.69, 9.17) is 5.11 Å². The number of alkyl halides is 6. The van der Waals surface area contributed by atoms with Gasteiger partial charge in [0.2, 0.25) is 6.17 Å². The third kappa shape index (κ3) is 0.622. The fraction of sp³-hybridized carbons (Fsp3) is 1.00. The molecule has 1 nitrogen and oxygen atoms in total. The fourth-order valence-corrected chi connectivity index (χ4v) is 0.715. The Morgan fingerprint density at radius 3 is 1.45 bits per heavy atom. The molecule has 1 fully saturated rings. The summed E-state index contributed by atoms with van der Waals surface area (Å²) in [7, 11) is 0. The van der Waals surface area contributed by atoms with Crippen LogP contribution in [0, 0.1) is 0 Å². The molecule has 7 heteroatoms. The molecule has 0 bridgehead atoms. The Morgan fingerprint density at radius 1 is 1.00 bits per heavy atom. The van der Waals surface area contributed by atoms with Gasteiger partial charge in [0, 0.05) is 0 Å². The van der Waals surface area contributed by atoms with Crippen molar-refractivity contribution in [2.75, 3.05) is 0 Å². The van der Waals surface area contributed by atoms with Gasteiger partial charge in [-0.2, -0.15) is 17.6 Å². The Hall–Kier alpha value is -0.460. The molecule has 2 atom stereocenters. The molecule has 1 N–H and O–H groups in total. The van der Waals surface area contributed by atoms with Crippen LogP contribution in [0.15, 0.2) is 0 Å². The summed E-state index contributed by atoms with van der Waals surface area (Å²) in [6.07, 6.45) is -3.86. The smallest absolute Gasteiger partial charge is 0.355 e. The average molecular weight is 180 g/mol. The van der Waals surface area contributed by atoms with E-state index < -0.39 is 23.9 Å². The molecular formula is C4H2F6O. The van der Waals surface area contributed by atoms with Crippen molar-refractivity contribution in [3.8, 4) is 0 Å². The highest BCUT2D eigenvalue weighted by atomic mass is 19.3. The molecule has 0 aliphatic heterocycles. The van der Waals surface area contributed by atoms with Crippen molar-refractivity contribution in [3.05, 3.63) is 0 Å². The summed E-state index contributed by atoms with van der Waals surface area (Å²) < 4.78 is 70.4. The van der Waals surface area contributed by atoms with E-state index in [0.717, 1.165) is 0 Å². The fourth-order valence-electron chi connectivity index (χ4n) is 0.715. The summed E-state index contributed by atoms with van der Waals surface area (Å²) >= 11 is 0. The maximum Gasteiger partial charge on any atom is 0.373 e. The van der Waals surface area contributed by atoms with Gasteiger partial charge in [-0.25, -0.2) is 8.78 Å². The number of hydrogen-bond donors (Lipinski definition) is 1. The second-order valence-electron chi connectivity index (χ2n) is 2.23. The molecule has 66 valence electrons. The van der Waals surface area contributed by atoms with E-state index in [1.807, 2.05) is 0 Å². The van der Waals surface area contributed by atoms with E-state index in [2.05, 4.69) is 0 Å². The van der Waals surface area contributed by atoms with Gasteiger partial charge in [-0.15, -0.1) is 0 Å². The molecule has 0 heterocycles. The zero-order valence-corrected chi connectivity index (χ0v) is 4.79. The minimum absolute atomic E-state index is 3.86. The largest absolute Gasteiger partial charge is 0.373 e. The second-order valence-corrected chi connectivity index (χ2v) is 2.23. The molecule has 0 aromatic heterocycles. The monoisotopic (exact) mass is 180 g/mol. The summed E-state index contributed by atoms with van der Waals surface area (Å²) in [5.41, 5.74) is 0. The van der Waals surface area contributed by atoms with Gasteiger partial charge in [0.1, 0.15) is 0 Å². The number of aliphatic hydroxyl groups is 1. The van der Waals surface area contributed by atoms with E-state index in [0.29, 0.717) is 0 Å². The van der Waals surface area contributed by atoms with Gasteiger partial charge >= 0.3 is 17.7 Å². The highest BCUT2D eigenvalue weighted by molar-refractivity contribution is 5.17. The lowest BCUT2D eigenvalue weighted by Crippen LogP contribution is -2.78. The van der Waals surface area contributed by atoms with Crippen molar-refractivity contribution < 1.29 is 31.4 Å².